The predicted molar refractivity (Wildman–Crippen MR) is 99.0 cm³/mol. The minimum Gasteiger partial charge on any atom is -0.324 e. The SMILES string of the molecule is CCc1ccc(NC(=O)C[NH+]2CC=C(c3ccccc3)CC2)cc1. The van der Waals surface area contributed by atoms with Gasteiger partial charge in [-0.05, 0) is 41.3 Å². The smallest absolute Gasteiger partial charge is 0.279 e. The minimum atomic E-state index is 0.0887. The fourth-order valence-corrected chi connectivity index (χ4v) is 3.11. The Balaban J connectivity index is 1.51. The third kappa shape index (κ3) is 4.33. The van der Waals surface area contributed by atoms with Gasteiger partial charge in [-0.3, -0.25) is 4.79 Å². The van der Waals surface area contributed by atoms with Crippen LogP contribution >= 0.6 is 0 Å². The van der Waals surface area contributed by atoms with Crippen molar-refractivity contribution in [3.63, 3.8) is 0 Å². The van der Waals surface area contributed by atoms with Gasteiger partial charge in [-0.15, -0.1) is 0 Å². The third-order valence-electron chi connectivity index (χ3n) is 4.59. The van der Waals surface area contributed by atoms with Crippen molar-refractivity contribution < 1.29 is 9.69 Å². The molecule has 0 radical (unpaired) electrons. The zero-order chi connectivity index (χ0) is 16.8. The highest BCUT2D eigenvalue weighted by Crippen LogP contribution is 2.17. The molecule has 3 rings (SSSR count). The van der Waals surface area contributed by atoms with Crippen LogP contribution in [0.2, 0.25) is 0 Å². The number of quaternary nitrogens is 1. The summed E-state index contributed by atoms with van der Waals surface area (Å²) < 4.78 is 0. The molecule has 1 atom stereocenters. The maximum Gasteiger partial charge on any atom is 0.279 e. The Morgan fingerprint density at radius 1 is 1.08 bits per heavy atom. The van der Waals surface area contributed by atoms with E-state index in [1.165, 1.54) is 21.6 Å². The van der Waals surface area contributed by atoms with Crippen LogP contribution in [0.1, 0.15) is 24.5 Å². The van der Waals surface area contributed by atoms with Gasteiger partial charge in [-0.25, -0.2) is 0 Å². The maximum absolute atomic E-state index is 12.2. The van der Waals surface area contributed by atoms with E-state index >= 15 is 0 Å². The summed E-state index contributed by atoms with van der Waals surface area (Å²) in [4.78, 5) is 13.6. The zero-order valence-corrected chi connectivity index (χ0v) is 14.2. The first kappa shape index (κ1) is 16.5. The topological polar surface area (TPSA) is 33.5 Å². The molecule has 1 unspecified atom stereocenters. The fraction of sp³-hybridized carbons (Fsp3) is 0.286. The Bertz CT molecular complexity index is 704. The summed E-state index contributed by atoms with van der Waals surface area (Å²) in [6.07, 6.45) is 4.32. The average Bonchev–Trinajstić information content (AvgIpc) is 2.64. The molecule has 0 spiro atoms. The van der Waals surface area contributed by atoms with Crippen molar-refractivity contribution in [1.82, 2.24) is 0 Å². The van der Waals surface area contributed by atoms with Crippen LogP contribution in [0.4, 0.5) is 5.69 Å². The molecule has 24 heavy (non-hydrogen) atoms. The van der Waals surface area contributed by atoms with E-state index in [0.29, 0.717) is 6.54 Å². The fourth-order valence-electron chi connectivity index (χ4n) is 3.11. The van der Waals surface area contributed by atoms with Crippen LogP contribution in [0.5, 0.6) is 0 Å². The molecule has 1 amide bonds. The minimum absolute atomic E-state index is 0.0887. The van der Waals surface area contributed by atoms with E-state index in [1.807, 2.05) is 18.2 Å². The van der Waals surface area contributed by atoms with Gasteiger partial charge in [-0.2, -0.15) is 0 Å². The lowest BCUT2D eigenvalue weighted by atomic mass is 10.00. The first-order valence-electron chi connectivity index (χ1n) is 8.71. The average molecular weight is 321 g/mol. The number of benzene rings is 2. The van der Waals surface area contributed by atoms with Crippen molar-refractivity contribution in [2.45, 2.75) is 19.8 Å². The summed E-state index contributed by atoms with van der Waals surface area (Å²) in [5.74, 6) is 0.0887. The molecule has 0 aromatic heterocycles. The van der Waals surface area contributed by atoms with Crippen LogP contribution in [0.15, 0.2) is 60.7 Å². The molecule has 0 aliphatic carbocycles. The van der Waals surface area contributed by atoms with Gasteiger partial charge < -0.3 is 10.2 Å². The van der Waals surface area contributed by atoms with E-state index in [2.05, 4.69) is 54.7 Å². The number of amides is 1. The van der Waals surface area contributed by atoms with E-state index in [-0.39, 0.29) is 5.91 Å². The second-order valence-electron chi connectivity index (χ2n) is 6.32. The van der Waals surface area contributed by atoms with E-state index in [1.54, 1.807) is 0 Å². The Hall–Kier alpha value is -2.39. The molecule has 1 heterocycles. The van der Waals surface area contributed by atoms with Crippen LogP contribution in [0.3, 0.4) is 0 Å². The van der Waals surface area contributed by atoms with Gasteiger partial charge in [0.15, 0.2) is 6.54 Å². The molecular formula is C21H25N2O+. The predicted octanol–water partition coefficient (Wildman–Crippen LogP) is 2.56. The van der Waals surface area contributed by atoms with Crippen LogP contribution in [-0.2, 0) is 11.2 Å². The summed E-state index contributed by atoms with van der Waals surface area (Å²) in [6, 6.07) is 18.6. The molecule has 2 N–H and O–H groups in total. The molecular weight excluding hydrogens is 296 g/mol. The van der Waals surface area contributed by atoms with Crippen molar-refractivity contribution in [3.8, 4) is 0 Å². The van der Waals surface area contributed by atoms with Gasteiger partial charge >= 0.3 is 0 Å². The Labute approximate surface area is 144 Å². The highest BCUT2D eigenvalue weighted by molar-refractivity contribution is 5.91. The maximum atomic E-state index is 12.2. The molecule has 1 aliphatic heterocycles. The standard InChI is InChI=1S/C21H24N2O/c1-2-17-8-10-20(11-9-17)22-21(24)16-23-14-12-19(13-15-23)18-6-4-3-5-7-18/h3-12H,2,13-16H2,1H3,(H,22,24)/p+1. The van der Waals surface area contributed by atoms with E-state index in [9.17, 15) is 4.79 Å². The third-order valence-corrected chi connectivity index (χ3v) is 4.59. The normalized spacial score (nSPS) is 17.2. The molecule has 1 aliphatic rings. The monoisotopic (exact) mass is 321 g/mol. The molecule has 2 aromatic rings. The largest absolute Gasteiger partial charge is 0.324 e. The molecule has 124 valence electrons. The number of aryl methyl sites for hydroxylation is 1. The molecule has 0 fully saturated rings. The molecule has 0 saturated carbocycles. The van der Waals surface area contributed by atoms with Crippen molar-refractivity contribution in [3.05, 3.63) is 71.8 Å². The number of hydrogen-bond donors (Lipinski definition) is 2. The Kier molecular flexibility index (Phi) is 5.44. The summed E-state index contributed by atoms with van der Waals surface area (Å²) in [5.41, 5.74) is 4.87. The lowest BCUT2D eigenvalue weighted by molar-refractivity contribution is -0.886. The van der Waals surface area contributed by atoms with Gasteiger partial charge in [-0.1, -0.05) is 49.4 Å². The zero-order valence-electron chi connectivity index (χ0n) is 14.2. The van der Waals surface area contributed by atoms with Gasteiger partial charge in [0, 0.05) is 12.1 Å². The van der Waals surface area contributed by atoms with E-state index in [0.717, 1.165) is 31.6 Å². The van der Waals surface area contributed by atoms with Crippen molar-refractivity contribution in [2.24, 2.45) is 0 Å². The number of anilines is 1. The summed E-state index contributed by atoms with van der Waals surface area (Å²) in [6.45, 7) is 4.56. The molecule has 3 heteroatoms. The van der Waals surface area contributed by atoms with Gasteiger partial charge in [0.2, 0.25) is 0 Å². The molecule has 0 saturated heterocycles. The van der Waals surface area contributed by atoms with Crippen molar-refractivity contribution in [2.75, 3.05) is 25.0 Å². The van der Waals surface area contributed by atoms with Crippen LogP contribution in [0.25, 0.3) is 5.57 Å². The summed E-state index contributed by atoms with van der Waals surface area (Å²) in [5, 5.41) is 3.00. The van der Waals surface area contributed by atoms with Gasteiger partial charge in [0.05, 0.1) is 13.1 Å². The first-order chi connectivity index (χ1) is 11.7. The second-order valence-corrected chi connectivity index (χ2v) is 6.32. The highest BCUT2D eigenvalue weighted by Gasteiger charge is 2.18. The second kappa shape index (κ2) is 7.93. The number of hydrogen-bond acceptors (Lipinski definition) is 1. The molecule has 0 bridgehead atoms. The first-order valence-corrected chi connectivity index (χ1v) is 8.71. The lowest BCUT2D eigenvalue weighted by Gasteiger charge is -2.23. The van der Waals surface area contributed by atoms with Crippen LogP contribution < -0.4 is 10.2 Å². The molecule has 3 nitrogen and oxygen atoms in total. The molecule has 2 aromatic carbocycles. The summed E-state index contributed by atoms with van der Waals surface area (Å²) in [7, 11) is 0. The summed E-state index contributed by atoms with van der Waals surface area (Å²) >= 11 is 0. The van der Waals surface area contributed by atoms with Crippen molar-refractivity contribution >= 4 is 17.2 Å². The Morgan fingerprint density at radius 3 is 2.46 bits per heavy atom. The number of rotatable bonds is 5. The van der Waals surface area contributed by atoms with Crippen molar-refractivity contribution in [1.29, 1.82) is 0 Å². The van der Waals surface area contributed by atoms with Gasteiger partial charge in [0.25, 0.3) is 5.91 Å². The lowest BCUT2D eigenvalue weighted by Crippen LogP contribution is -3.13. The van der Waals surface area contributed by atoms with Gasteiger partial charge in [0.1, 0.15) is 0 Å². The van der Waals surface area contributed by atoms with E-state index < -0.39 is 0 Å². The highest BCUT2D eigenvalue weighted by atomic mass is 16.2. The quantitative estimate of drug-likeness (QED) is 0.872. The van der Waals surface area contributed by atoms with Crippen LogP contribution in [0, 0.1) is 0 Å². The number of carbonyl (C=O) groups is 1. The van der Waals surface area contributed by atoms with E-state index in [4.69, 9.17) is 0 Å². The Morgan fingerprint density at radius 2 is 1.83 bits per heavy atom. The number of nitrogens with one attached hydrogen (secondary N) is 2. The number of carbonyl (C=O) groups excluding carboxylic acids is 1. The van der Waals surface area contributed by atoms with Crippen LogP contribution in [-0.4, -0.2) is 25.5 Å².